The third-order valence-corrected chi connectivity index (χ3v) is 4.50. The number of amides is 2. The molecule has 1 aromatic carbocycles. The van der Waals surface area contributed by atoms with Crippen LogP contribution in [0.4, 0.5) is 0 Å². The Morgan fingerprint density at radius 3 is 2.56 bits per heavy atom. The van der Waals surface area contributed by atoms with Gasteiger partial charge in [-0.3, -0.25) is 9.59 Å². The van der Waals surface area contributed by atoms with E-state index in [0.717, 1.165) is 29.7 Å². The molecule has 0 aliphatic carbocycles. The number of carbonyl (C=O) groups excluding carboxylic acids is 2. The smallest absolute Gasteiger partial charge is 0.258 e. The number of aryl methyl sites for hydroxylation is 2. The van der Waals surface area contributed by atoms with E-state index in [9.17, 15) is 9.59 Å². The van der Waals surface area contributed by atoms with Gasteiger partial charge >= 0.3 is 0 Å². The monoisotopic (exact) mass is 346 g/mol. The second kappa shape index (κ2) is 8.88. The molecule has 25 heavy (non-hydrogen) atoms. The lowest BCUT2D eigenvalue weighted by Crippen LogP contribution is -2.47. The summed E-state index contributed by atoms with van der Waals surface area (Å²) < 4.78 is 5.65. The minimum atomic E-state index is -0.104. The third kappa shape index (κ3) is 6.07. The average Bonchev–Trinajstić information content (AvgIpc) is 2.55. The minimum Gasteiger partial charge on any atom is -0.483 e. The fourth-order valence-corrected chi connectivity index (χ4v) is 3.03. The molecule has 0 saturated carbocycles. The predicted molar refractivity (Wildman–Crippen MR) is 98.6 cm³/mol. The Bertz CT molecular complexity index is 605. The first-order valence-corrected chi connectivity index (χ1v) is 9.12. The Morgan fingerprint density at radius 1 is 1.24 bits per heavy atom. The highest BCUT2D eigenvalue weighted by molar-refractivity contribution is 5.78. The Labute approximate surface area is 150 Å². The van der Waals surface area contributed by atoms with Crippen LogP contribution in [0, 0.1) is 19.8 Å². The molecular weight excluding hydrogens is 316 g/mol. The van der Waals surface area contributed by atoms with Crippen molar-refractivity contribution in [3.63, 3.8) is 0 Å². The zero-order valence-electron chi connectivity index (χ0n) is 15.8. The van der Waals surface area contributed by atoms with E-state index in [1.807, 2.05) is 36.9 Å². The topological polar surface area (TPSA) is 58.6 Å². The van der Waals surface area contributed by atoms with Gasteiger partial charge in [0, 0.05) is 25.6 Å². The van der Waals surface area contributed by atoms with Gasteiger partial charge in [-0.15, -0.1) is 0 Å². The van der Waals surface area contributed by atoms with Crippen molar-refractivity contribution in [2.45, 2.75) is 53.0 Å². The van der Waals surface area contributed by atoms with Crippen LogP contribution in [0.3, 0.4) is 0 Å². The standard InChI is InChI=1S/C20H30N2O3/c1-14(2)11-20(24)22-9-7-17(8-10-22)21-19(23)13-25-18-12-15(3)5-6-16(18)4/h5-6,12,14,17H,7-11,13H2,1-4H3,(H,21,23). The average molecular weight is 346 g/mol. The summed E-state index contributed by atoms with van der Waals surface area (Å²) in [6.07, 6.45) is 2.21. The molecule has 5 heteroatoms. The molecule has 0 spiro atoms. The van der Waals surface area contributed by atoms with E-state index in [1.165, 1.54) is 0 Å². The van der Waals surface area contributed by atoms with Gasteiger partial charge in [-0.05, 0) is 49.8 Å². The number of rotatable bonds is 6. The molecule has 1 aromatic rings. The molecule has 138 valence electrons. The summed E-state index contributed by atoms with van der Waals surface area (Å²) in [6, 6.07) is 6.09. The Hall–Kier alpha value is -2.04. The molecule has 0 bridgehead atoms. The summed E-state index contributed by atoms with van der Waals surface area (Å²) >= 11 is 0. The summed E-state index contributed by atoms with van der Waals surface area (Å²) in [5.74, 6) is 1.25. The number of hydrogen-bond acceptors (Lipinski definition) is 3. The van der Waals surface area contributed by atoms with E-state index in [0.29, 0.717) is 25.4 Å². The highest BCUT2D eigenvalue weighted by Crippen LogP contribution is 2.19. The first-order valence-electron chi connectivity index (χ1n) is 9.12. The lowest BCUT2D eigenvalue weighted by Gasteiger charge is -2.32. The minimum absolute atomic E-state index is 0.0246. The molecule has 1 aliphatic rings. The van der Waals surface area contributed by atoms with Crippen molar-refractivity contribution in [2.75, 3.05) is 19.7 Å². The second-order valence-electron chi connectivity index (χ2n) is 7.38. The van der Waals surface area contributed by atoms with E-state index >= 15 is 0 Å². The second-order valence-corrected chi connectivity index (χ2v) is 7.38. The van der Waals surface area contributed by atoms with Crippen molar-refractivity contribution < 1.29 is 14.3 Å². The molecule has 1 aliphatic heterocycles. The maximum atomic E-state index is 12.1. The quantitative estimate of drug-likeness (QED) is 0.862. The lowest BCUT2D eigenvalue weighted by molar-refractivity contribution is -0.133. The van der Waals surface area contributed by atoms with E-state index in [4.69, 9.17) is 4.74 Å². The molecule has 1 heterocycles. The molecule has 1 saturated heterocycles. The van der Waals surface area contributed by atoms with Gasteiger partial charge in [0.15, 0.2) is 6.61 Å². The highest BCUT2D eigenvalue weighted by atomic mass is 16.5. The van der Waals surface area contributed by atoms with Crippen molar-refractivity contribution in [3.8, 4) is 5.75 Å². The van der Waals surface area contributed by atoms with Crippen LogP contribution in [-0.2, 0) is 9.59 Å². The Morgan fingerprint density at radius 2 is 1.92 bits per heavy atom. The third-order valence-electron chi connectivity index (χ3n) is 4.50. The van der Waals surface area contributed by atoms with Gasteiger partial charge in [0.1, 0.15) is 5.75 Å². The number of ether oxygens (including phenoxy) is 1. The van der Waals surface area contributed by atoms with Crippen LogP contribution >= 0.6 is 0 Å². The fraction of sp³-hybridized carbons (Fsp3) is 0.600. The normalized spacial score (nSPS) is 15.3. The van der Waals surface area contributed by atoms with Crippen LogP contribution in [0.1, 0.15) is 44.2 Å². The van der Waals surface area contributed by atoms with E-state index in [1.54, 1.807) is 0 Å². The van der Waals surface area contributed by atoms with Gasteiger partial charge in [-0.25, -0.2) is 0 Å². The van der Waals surface area contributed by atoms with Gasteiger partial charge in [-0.1, -0.05) is 26.0 Å². The zero-order chi connectivity index (χ0) is 18.4. The largest absolute Gasteiger partial charge is 0.483 e. The number of benzene rings is 1. The van der Waals surface area contributed by atoms with E-state index in [-0.39, 0.29) is 24.5 Å². The van der Waals surface area contributed by atoms with Gasteiger partial charge in [-0.2, -0.15) is 0 Å². The maximum absolute atomic E-state index is 12.1. The summed E-state index contributed by atoms with van der Waals surface area (Å²) in [7, 11) is 0. The predicted octanol–water partition coefficient (Wildman–Crippen LogP) is 2.84. The molecule has 0 radical (unpaired) electrons. The van der Waals surface area contributed by atoms with E-state index < -0.39 is 0 Å². The molecule has 0 atom stereocenters. The van der Waals surface area contributed by atoms with Crippen molar-refractivity contribution in [2.24, 2.45) is 5.92 Å². The van der Waals surface area contributed by atoms with Crippen molar-refractivity contribution in [3.05, 3.63) is 29.3 Å². The number of piperidine rings is 1. The number of hydrogen-bond donors (Lipinski definition) is 1. The summed E-state index contributed by atoms with van der Waals surface area (Å²) in [6.45, 7) is 9.54. The lowest BCUT2D eigenvalue weighted by atomic mass is 10.0. The van der Waals surface area contributed by atoms with Crippen molar-refractivity contribution in [1.29, 1.82) is 0 Å². The van der Waals surface area contributed by atoms with Crippen LogP contribution in [-0.4, -0.2) is 42.5 Å². The molecule has 1 fully saturated rings. The first-order chi connectivity index (χ1) is 11.8. The van der Waals surface area contributed by atoms with E-state index in [2.05, 4.69) is 19.2 Å². The number of likely N-dealkylation sites (tertiary alicyclic amines) is 1. The molecular formula is C20H30N2O3. The van der Waals surface area contributed by atoms with Crippen LogP contribution < -0.4 is 10.1 Å². The van der Waals surface area contributed by atoms with Crippen molar-refractivity contribution >= 4 is 11.8 Å². The fourth-order valence-electron chi connectivity index (χ4n) is 3.03. The Balaban J connectivity index is 1.73. The summed E-state index contributed by atoms with van der Waals surface area (Å²) in [5.41, 5.74) is 2.13. The molecule has 5 nitrogen and oxygen atoms in total. The van der Waals surface area contributed by atoms with Crippen molar-refractivity contribution in [1.82, 2.24) is 10.2 Å². The molecule has 0 aromatic heterocycles. The van der Waals surface area contributed by atoms with Gasteiger partial charge in [0.25, 0.3) is 5.91 Å². The SMILES string of the molecule is Cc1ccc(C)c(OCC(=O)NC2CCN(C(=O)CC(C)C)CC2)c1. The number of carbonyl (C=O) groups is 2. The number of nitrogens with one attached hydrogen (secondary N) is 1. The highest BCUT2D eigenvalue weighted by Gasteiger charge is 2.24. The first kappa shape index (κ1) is 19.3. The Kier molecular flexibility index (Phi) is 6.85. The van der Waals surface area contributed by atoms with Crippen LogP contribution in [0.15, 0.2) is 18.2 Å². The van der Waals surface area contributed by atoms with Crippen LogP contribution in [0.2, 0.25) is 0 Å². The summed E-state index contributed by atoms with van der Waals surface area (Å²) in [5, 5.41) is 3.02. The van der Waals surface area contributed by atoms with Gasteiger partial charge < -0.3 is 15.0 Å². The molecule has 0 unspecified atom stereocenters. The van der Waals surface area contributed by atoms with Gasteiger partial charge in [0.2, 0.25) is 5.91 Å². The molecule has 2 rings (SSSR count). The summed E-state index contributed by atoms with van der Waals surface area (Å²) in [4.78, 5) is 26.1. The van der Waals surface area contributed by atoms with Crippen LogP contribution in [0.25, 0.3) is 0 Å². The number of nitrogens with zero attached hydrogens (tertiary/aromatic N) is 1. The molecule has 2 amide bonds. The maximum Gasteiger partial charge on any atom is 0.258 e. The van der Waals surface area contributed by atoms with Gasteiger partial charge in [0.05, 0.1) is 0 Å². The molecule has 1 N–H and O–H groups in total. The van der Waals surface area contributed by atoms with Crippen LogP contribution in [0.5, 0.6) is 5.75 Å². The zero-order valence-corrected chi connectivity index (χ0v) is 15.8.